The van der Waals surface area contributed by atoms with E-state index in [2.05, 4.69) is 19.9 Å². The maximum Gasteiger partial charge on any atom is 0.259 e. The van der Waals surface area contributed by atoms with E-state index in [0.717, 1.165) is 16.6 Å². The van der Waals surface area contributed by atoms with Crippen LogP contribution in [0.4, 0.5) is 0 Å². The molecule has 4 rings (SSSR count). The molecule has 4 aromatic rings. The van der Waals surface area contributed by atoms with Gasteiger partial charge in [0, 0.05) is 30.7 Å². The van der Waals surface area contributed by atoms with Crippen LogP contribution in [0.1, 0.15) is 0 Å². The average molecular weight is 348 g/mol. The highest BCUT2D eigenvalue weighted by Crippen LogP contribution is 2.32. The van der Waals surface area contributed by atoms with Crippen molar-refractivity contribution >= 4 is 11.0 Å². The van der Waals surface area contributed by atoms with E-state index in [1.807, 2.05) is 12.1 Å². The number of fused-ring (bicyclic) bond motifs is 1. The van der Waals surface area contributed by atoms with Crippen LogP contribution < -0.4 is 15.0 Å². The molecule has 0 amide bonds. The molecule has 0 saturated heterocycles. The first-order valence-corrected chi connectivity index (χ1v) is 7.95. The number of ether oxygens (including phenoxy) is 2. The maximum absolute atomic E-state index is 12.3. The van der Waals surface area contributed by atoms with Crippen LogP contribution in [0, 0.1) is 0 Å². The summed E-state index contributed by atoms with van der Waals surface area (Å²) in [6, 6.07) is 9.14. The second kappa shape index (κ2) is 6.36. The third-order valence-corrected chi connectivity index (χ3v) is 4.16. The van der Waals surface area contributed by atoms with E-state index in [0.29, 0.717) is 28.4 Å². The number of nitrogens with one attached hydrogen (secondary N) is 2. The Morgan fingerprint density at radius 1 is 0.962 bits per heavy atom. The Morgan fingerprint density at radius 3 is 2.42 bits per heavy atom. The Morgan fingerprint density at radius 2 is 1.69 bits per heavy atom. The van der Waals surface area contributed by atoms with E-state index in [9.17, 15) is 4.79 Å². The fourth-order valence-electron chi connectivity index (χ4n) is 2.84. The first kappa shape index (κ1) is 15.9. The molecule has 2 N–H and O–H groups in total. The minimum Gasteiger partial charge on any atom is -0.493 e. The normalized spacial score (nSPS) is 10.8. The van der Waals surface area contributed by atoms with Crippen molar-refractivity contribution in [1.29, 1.82) is 0 Å². The number of methoxy groups -OCH3 is 2. The lowest BCUT2D eigenvalue weighted by molar-refractivity contribution is 0.356. The molecule has 0 spiro atoms. The molecule has 3 aromatic heterocycles. The lowest BCUT2D eigenvalue weighted by Crippen LogP contribution is -2.09. The Kier molecular flexibility index (Phi) is 3.89. The largest absolute Gasteiger partial charge is 0.493 e. The second-order valence-corrected chi connectivity index (χ2v) is 5.68. The van der Waals surface area contributed by atoms with Crippen molar-refractivity contribution in [3.05, 3.63) is 59.3 Å². The van der Waals surface area contributed by atoms with Gasteiger partial charge in [0.15, 0.2) is 11.5 Å². The number of rotatable bonds is 4. The molecule has 7 heteroatoms. The van der Waals surface area contributed by atoms with Crippen molar-refractivity contribution in [2.75, 3.05) is 14.2 Å². The van der Waals surface area contributed by atoms with E-state index in [1.165, 1.54) is 0 Å². The zero-order valence-corrected chi connectivity index (χ0v) is 14.2. The van der Waals surface area contributed by atoms with Gasteiger partial charge in [0.2, 0.25) is 0 Å². The Bertz CT molecular complexity index is 1090. The molecule has 0 aliphatic rings. The number of aromatic amines is 2. The summed E-state index contributed by atoms with van der Waals surface area (Å²) in [5, 5.41) is 0. The molecular formula is C19H16N4O3. The summed E-state index contributed by atoms with van der Waals surface area (Å²) >= 11 is 0. The van der Waals surface area contributed by atoms with Crippen LogP contribution in [0.15, 0.2) is 53.7 Å². The third kappa shape index (κ3) is 2.69. The summed E-state index contributed by atoms with van der Waals surface area (Å²) in [5.41, 5.74) is 3.50. The molecule has 0 aliphatic heterocycles. The lowest BCUT2D eigenvalue weighted by atomic mass is 10.1. The van der Waals surface area contributed by atoms with Crippen molar-refractivity contribution in [3.8, 4) is 34.0 Å². The molecule has 0 fully saturated rings. The van der Waals surface area contributed by atoms with Gasteiger partial charge in [-0.1, -0.05) is 0 Å². The number of H-pyrrole nitrogens is 2. The third-order valence-electron chi connectivity index (χ3n) is 4.16. The van der Waals surface area contributed by atoms with Gasteiger partial charge in [-0.15, -0.1) is 0 Å². The molecule has 1 aromatic carbocycles. The summed E-state index contributed by atoms with van der Waals surface area (Å²) in [5.74, 6) is 1.65. The number of hydrogen-bond donors (Lipinski definition) is 2. The molecule has 0 atom stereocenters. The van der Waals surface area contributed by atoms with Crippen LogP contribution in [-0.2, 0) is 0 Å². The molecule has 7 nitrogen and oxygen atoms in total. The van der Waals surface area contributed by atoms with Crippen LogP contribution in [0.2, 0.25) is 0 Å². The number of imidazole rings is 1. The van der Waals surface area contributed by atoms with Crippen LogP contribution >= 0.6 is 0 Å². The highest BCUT2D eigenvalue weighted by atomic mass is 16.5. The van der Waals surface area contributed by atoms with Crippen LogP contribution in [0.3, 0.4) is 0 Å². The predicted octanol–water partition coefficient (Wildman–Crippen LogP) is 3.00. The predicted molar refractivity (Wildman–Crippen MR) is 98.5 cm³/mol. The molecule has 26 heavy (non-hydrogen) atoms. The quantitative estimate of drug-likeness (QED) is 0.591. The molecule has 0 saturated carbocycles. The Hall–Kier alpha value is -3.61. The summed E-state index contributed by atoms with van der Waals surface area (Å²) in [6.45, 7) is 0. The summed E-state index contributed by atoms with van der Waals surface area (Å²) in [6.07, 6.45) is 5.09. The first-order valence-electron chi connectivity index (χ1n) is 7.95. The summed E-state index contributed by atoms with van der Waals surface area (Å²) < 4.78 is 10.6. The van der Waals surface area contributed by atoms with Crippen molar-refractivity contribution in [2.24, 2.45) is 0 Å². The van der Waals surface area contributed by atoms with Crippen LogP contribution in [0.25, 0.3) is 33.5 Å². The molecule has 0 bridgehead atoms. The van der Waals surface area contributed by atoms with Crippen molar-refractivity contribution < 1.29 is 9.47 Å². The van der Waals surface area contributed by atoms with Gasteiger partial charge < -0.3 is 19.4 Å². The summed E-state index contributed by atoms with van der Waals surface area (Å²) in [7, 11) is 3.14. The van der Waals surface area contributed by atoms with E-state index < -0.39 is 0 Å². The first-order chi connectivity index (χ1) is 12.7. The van der Waals surface area contributed by atoms with E-state index in [-0.39, 0.29) is 5.56 Å². The summed E-state index contributed by atoms with van der Waals surface area (Å²) in [4.78, 5) is 26.9. The van der Waals surface area contributed by atoms with Crippen molar-refractivity contribution in [1.82, 2.24) is 19.9 Å². The smallest absolute Gasteiger partial charge is 0.259 e. The highest BCUT2D eigenvalue weighted by Gasteiger charge is 2.14. The lowest BCUT2D eigenvalue weighted by Gasteiger charge is -2.06. The zero-order chi connectivity index (χ0) is 18.1. The second-order valence-electron chi connectivity index (χ2n) is 5.68. The monoisotopic (exact) mass is 348 g/mol. The van der Waals surface area contributed by atoms with Gasteiger partial charge in [-0.2, -0.15) is 0 Å². The van der Waals surface area contributed by atoms with Gasteiger partial charge in [0.1, 0.15) is 5.82 Å². The molecule has 0 radical (unpaired) electrons. The minimum absolute atomic E-state index is 0.221. The number of nitrogens with zero attached hydrogens (tertiary/aromatic N) is 2. The van der Waals surface area contributed by atoms with E-state index in [4.69, 9.17) is 9.47 Å². The van der Waals surface area contributed by atoms with Crippen molar-refractivity contribution in [2.45, 2.75) is 0 Å². The number of hydrogen-bond acceptors (Lipinski definition) is 5. The zero-order valence-electron chi connectivity index (χ0n) is 14.2. The van der Waals surface area contributed by atoms with Gasteiger partial charge in [0.25, 0.3) is 5.56 Å². The van der Waals surface area contributed by atoms with Crippen LogP contribution in [0.5, 0.6) is 11.5 Å². The van der Waals surface area contributed by atoms with Gasteiger partial charge in [0.05, 0.1) is 30.8 Å². The Labute approximate surface area is 148 Å². The van der Waals surface area contributed by atoms with Gasteiger partial charge >= 0.3 is 0 Å². The highest BCUT2D eigenvalue weighted by molar-refractivity contribution is 5.83. The molecule has 0 unspecified atom stereocenters. The van der Waals surface area contributed by atoms with Gasteiger partial charge in [-0.3, -0.25) is 9.78 Å². The number of aromatic nitrogens is 4. The molecule has 130 valence electrons. The van der Waals surface area contributed by atoms with E-state index >= 15 is 0 Å². The van der Waals surface area contributed by atoms with E-state index in [1.54, 1.807) is 51.0 Å². The fraction of sp³-hybridized carbons (Fsp3) is 0.105. The van der Waals surface area contributed by atoms with Crippen molar-refractivity contribution in [3.63, 3.8) is 0 Å². The fourth-order valence-corrected chi connectivity index (χ4v) is 2.84. The standard InChI is InChI=1S/C19H16N4O3/c1-25-16-8-14-15(9-17(16)26-2)23-18(22-14)13-7-12(10-21-19(13)24)11-3-5-20-6-4-11/h3-10H,1-2H3,(H,21,24)(H,22,23). The number of pyridine rings is 2. The maximum atomic E-state index is 12.3. The molecular weight excluding hydrogens is 332 g/mol. The minimum atomic E-state index is -0.221. The average Bonchev–Trinajstić information content (AvgIpc) is 3.10. The van der Waals surface area contributed by atoms with Gasteiger partial charge in [-0.05, 0) is 29.3 Å². The SMILES string of the molecule is COc1cc2nc(-c3cc(-c4ccncc4)c[nH]c3=O)[nH]c2cc1OC. The van der Waals surface area contributed by atoms with Gasteiger partial charge in [-0.25, -0.2) is 4.98 Å². The topological polar surface area (TPSA) is 92.9 Å². The Balaban J connectivity index is 1.86. The van der Waals surface area contributed by atoms with Crippen LogP contribution in [-0.4, -0.2) is 34.2 Å². The number of benzene rings is 1. The molecule has 3 heterocycles. The molecule has 0 aliphatic carbocycles.